The Hall–Kier alpha value is -3.15. The van der Waals surface area contributed by atoms with Crippen molar-refractivity contribution in [2.45, 2.75) is 6.42 Å². The van der Waals surface area contributed by atoms with Crippen LogP contribution in [-0.4, -0.2) is 29.2 Å². The van der Waals surface area contributed by atoms with E-state index in [-0.39, 0.29) is 5.76 Å². The van der Waals surface area contributed by atoms with Gasteiger partial charge < -0.3 is 9.32 Å². The summed E-state index contributed by atoms with van der Waals surface area (Å²) in [7, 11) is 1.90. The molecule has 6 heteroatoms. The molecule has 1 aliphatic heterocycles. The topological polar surface area (TPSA) is 76.6 Å². The van der Waals surface area contributed by atoms with E-state index < -0.39 is 16.6 Å². The lowest BCUT2D eigenvalue weighted by molar-refractivity contribution is -0.402. The van der Waals surface area contributed by atoms with Crippen molar-refractivity contribution in [3.63, 3.8) is 0 Å². The van der Waals surface area contributed by atoms with Crippen LogP contribution in [0.1, 0.15) is 22.5 Å². The number of furan rings is 1. The normalized spacial score (nSPS) is 16.1. The Kier molecular flexibility index (Phi) is 4.29. The van der Waals surface area contributed by atoms with Gasteiger partial charge in [0.05, 0.1) is 6.07 Å². The van der Waals surface area contributed by atoms with Gasteiger partial charge in [0.25, 0.3) is 0 Å². The average molecular weight is 324 g/mol. The molecule has 0 atom stereocenters. The van der Waals surface area contributed by atoms with Gasteiger partial charge in [0.1, 0.15) is 4.92 Å². The summed E-state index contributed by atoms with van der Waals surface area (Å²) in [6.45, 7) is 0.790. The van der Waals surface area contributed by atoms with E-state index in [9.17, 15) is 14.9 Å². The van der Waals surface area contributed by atoms with Crippen molar-refractivity contribution in [3.05, 3.63) is 81.8 Å². The summed E-state index contributed by atoms with van der Waals surface area (Å²) in [5.74, 6) is -0.868. The first kappa shape index (κ1) is 15.7. The number of hydrogen-bond acceptors (Lipinski definition) is 5. The van der Waals surface area contributed by atoms with E-state index >= 15 is 0 Å². The largest absolute Gasteiger partial charge is 0.433 e. The summed E-state index contributed by atoms with van der Waals surface area (Å²) in [5, 5.41) is 10.6. The Morgan fingerprint density at radius 1 is 1.25 bits per heavy atom. The van der Waals surface area contributed by atoms with E-state index in [2.05, 4.69) is 0 Å². The van der Waals surface area contributed by atoms with E-state index in [1.54, 1.807) is 0 Å². The van der Waals surface area contributed by atoms with Gasteiger partial charge in [-0.3, -0.25) is 14.9 Å². The van der Waals surface area contributed by atoms with Crippen LogP contribution in [0.3, 0.4) is 0 Å². The number of nitrogens with zero attached hydrogens (tertiary/aromatic N) is 2. The number of allylic oxidation sites excluding steroid dienone is 2. The molecule has 2 aromatic rings. The average Bonchev–Trinajstić information content (AvgIpc) is 3.08. The van der Waals surface area contributed by atoms with Crippen molar-refractivity contribution in [3.8, 4) is 0 Å². The van der Waals surface area contributed by atoms with Gasteiger partial charge in [-0.25, -0.2) is 0 Å². The maximum atomic E-state index is 12.3. The first-order chi connectivity index (χ1) is 11.5. The van der Waals surface area contributed by atoms with E-state index in [0.29, 0.717) is 0 Å². The van der Waals surface area contributed by atoms with Crippen molar-refractivity contribution in [2.75, 3.05) is 13.6 Å². The van der Waals surface area contributed by atoms with Crippen LogP contribution in [0.4, 0.5) is 5.88 Å². The minimum absolute atomic E-state index is 0.0390. The van der Waals surface area contributed by atoms with Gasteiger partial charge in [-0.05, 0) is 29.7 Å². The third kappa shape index (κ3) is 3.27. The summed E-state index contributed by atoms with van der Waals surface area (Å²) in [6, 6.07) is 12.5. The SMILES string of the molecule is CN1CCC(c2ccccc2)=C/C1=C/C(=O)c1ccc([N+](=O)[O-])o1. The molecule has 0 aliphatic carbocycles. The number of carbonyl (C=O) groups excluding carboxylic acids is 1. The van der Waals surface area contributed by atoms with Gasteiger partial charge >= 0.3 is 5.88 Å². The molecule has 0 N–H and O–H groups in total. The van der Waals surface area contributed by atoms with Crippen LogP contribution in [0.5, 0.6) is 0 Å². The Morgan fingerprint density at radius 2 is 2.00 bits per heavy atom. The summed E-state index contributed by atoms with van der Waals surface area (Å²) >= 11 is 0. The molecule has 1 aromatic carbocycles. The summed E-state index contributed by atoms with van der Waals surface area (Å²) in [5.41, 5.74) is 3.03. The number of carbonyl (C=O) groups is 1. The molecule has 2 heterocycles. The van der Waals surface area contributed by atoms with Crippen LogP contribution in [0.15, 0.2) is 64.7 Å². The van der Waals surface area contributed by atoms with Crippen molar-refractivity contribution in [1.82, 2.24) is 4.90 Å². The maximum Gasteiger partial charge on any atom is 0.433 e. The second-order valence-electron chi connectivity index (χ2n) is 5.54. The number of ketones is 1. The third-order valence-electron chi connectivity index (χ3n) is 3.92. The Labute approximate surface area is 138 Å². The summed E-state index contributed by atoms with van der Waals surface area (Å²) < 4.78 is 4.96. The zero-order valence-corrected chi connectivity index (χ0v) is 13.1. The molecule has 0 fully saturated rings. The van der Waals surface area contributed by atoms with Gasteiger partial charge in [-0.15, -0.1) is 0 Å². The molecule has 0 saturated heterocycles. The van der Waals surface area contributed by atoms with Gasteiger partial charge in [0.2, 0.25) is 5.78 Å². The second-order valence-corrected chi connectivity index (χ2v) is 5.54. The highest BCUT2D eigenvalue weighted by atomic mass is 16.6. The molecule has 0 amide bonds. The van der Waals surface area contributed by atoms with Gasteiger partial charge in [-0.2, -0.15) is 0 Å². The lowest BCUT2D eigenvalue weighted by atomic mass is 9.98. The van der Waals surface area contributed by atoms with Crippen molar-refractivity contribution < 1.29 is 14.1 Å². The van der Waals surface area contributed by atoms with E-state index in [1.165, 1.54) is 18.2 Å². The highest BCUT2D eigenvalue weighted by molar-refractivity contribution is 6.03. The lowest BCUT2D eigenvalue weighted by Gasteiger charge is -2.27. The predicted octanol–water partition coefficient (Wildman–Crippen LogP) is 3.67. The number of benzene rings is 1. The Morgan fingerprint density at radius 3 is 2.67 bits per heavy atom. The fourth-order valence-corrected chi connectivity index (χ4v) is 2.57. The molecule has 6 nitrogen and oxygen atoms in total. The minimum atomic E-state index is -0.663. The quantitative estimate of drug-likeness (QED) is 0.371. The Balaban J connectivity index is 1.89. The second kappa shape index (κ2) is 6.54. The highest BCUT2D eigenvalue weighted by Crippen LogP contribution is 2.27. The standard InChI is InChI=1S/C18H16N2O4/c1-19-10-9-14(13-5-3-2-4-6-13)11-15(19)12-16(21)17-7-8-18(24-17)20(22)23/h2-8,11-12H,9-10H2,1H3/b15-12-. The molecular formula is C18H16N2O4. The van der Waals surface area contributed by atoms with Crippen molar-refractivity contribution in [2.24, 2.45) is 0 Å². The number of hydrogen-bond donors (Lipinski definition) is 0. The minimum Gasteiger partial charge on any atom is -0.397 e. The molecule has 0 spiro atoms. The van der Waals surface area contributed by atoms with Crippen molar-refractivity contribution in [1.29, 1.82) is 0 Å². The molecule has 0 unspecified atom stereocenters. The van der Waals surface area contributed by atoms with Gasteiger partial charge in [-0.1, -0.05) is 30.3 Å². The van der Waals surface area contributed by atoms with Gasteiger partial charge in [0.15, 0.2) is 5.76 Å². The first-order valence-electron chi connectivity index (χ1n) is 7.52. The van der Waals surface area contributed by atoms with Crippen LogP contribution in [0, 0.1) is 10.1 Å². The Bertz CT molecular complexity index is 834. The van der Waals surface area contributed by atoms with E-state index in [1.807, 2.05) is 48.4 Å². The maximum absolute atomic E-state index is 12.3. The van der Waals surface area contributed by atoms with E-state index in [4.69, 9.17) is 4.42 Å². The van der Waals surface area contributed by atoms with Crippen LogP contribution < -0.4 is 0 Å². The van der Waals surface area contributed by atoms with Crippen LogP contribution in [0.2, 0.25) is 0 Å². The monoisotopic (exact) mass is 324 g/mol. The predicted molar refractivity (Wildman–Crippen MR) is 89.4 cm³/mol. The molecule has 0 radical (unpaired) electrons. The lowest BCUT2D eigenvalue weighted by Crippen LogP contribution is -2.23. The molecule has 24 heavy (non-hydrogen) atoms. The smallest absolute Gasteiger partial charge is 0.397 e. The summed E-state index contributed by atoms with van der Waals surface area (Å²) in [4.78, 5) is 24.2. The van der Waals surface area contributed by atoms with Crippen LogP contribution in [-0.2, 0) is 0 Å². The van der Waals surface area contributed by atoms with Crippen LogP contribution >= 0.6 is 0 Å². The number of rotatable bonds is 4. The molecule has 0 saturated carbocycles. The van der Waals surface area contributed by atoms with Crippen molar-refractivity contribution >= 4 is 17.2 Å². The molecule has 0 bridgehead atoms. The fraction of sp³-hybridized carbons (Fsp3) is 0.167. The molecular weight excluding hydrogens is 308 g/mol. The number of nitro groups is 1. The molecule has 122 valence electrons. The van der Waals surface area contributed by atoms with Crippen LogP contribution in [0.25, 0.3) is 5.57 Å². The summed E-state index contributed by atoms with van der Waals surface area (Å²) in [6.07, 6.45) is 4.30. The fourth-order valence-electron chi connectivity index (χ4n) is 2.57. The number of likely N-dealkylation sites (N-methyl/N-ethyl adjacent to an activating group) is 1. The third-order valence-corrected chi connectivity index (χ3v) is 3.92. The molecule has 1 aliphatic rings. The first-order valence-corrected chi connectivity index (χ1v) is 7.52. The van der Waals surface area contributed by atoms with Gasteiger partial charge in [0, 0.05) is 25.4 Å². The molecule has 3 rings (SSSR count). The zero-order chi connectivity index (χ0) is 17.1. The highest BCUT2D eigenvalue weighted by Gasteiger charge is 2.19. The zero-order valence-electron chi connectivity index (χ0n) is 13.1. The molecule has 1 aromatic heterocycles. The van der Waals surface area contributed by atoms with E-state index in [0.717, 1.165) is 29.8 Å².